The molecule has 0 heterocycles. The smallest absolute Gasteiger partial charge is 0.306 e. The van der Waals surface area contributed by atoms with Crippen molar-refractivity contribution >= 4 is 21.9 Å². The number of halogens is 1. The fourth-order valence-electron chi connectivity index (χ4n) is 1.64. The van der Waals surface area contributed by atoms with Crippen LogP contribution in [0.5, 0.6) is 0 Å². The van der Waals surface area contributed by atoms with Gasteiger partial charge in [-0.2, -0.15) is 0 Å². The van der Waals surface area contributed by atoms with Gasteiger partial charge in [0.25, 0.3) is 0 Å². The normalized spacial score (nSPS) is 28.1. The Bertz CT molecular complexity index is 223. The third-order valence-electron chi connectivity index (χ3n) is 2.43. The molecule has 13 heavy (non-hydrogen) atoms. The Kier molecular flexibility index (Phi) is 3.97. The molecule has 1 aliphatic rings. The summed E-state index contributed by atoms with van der Waals surface area (Å²) in [4.78, 5) is 11.1. The number of hydrogen-bond acceptors (Lipinski definition) is 2. The zero-order chi connectivity index (χ0) is 9.84. The summed E-state index contributed by atoms with van der Waals surface area (Å²) in [5.74, 6) is 0.886. The van der Waals surface area contributed by atoms with Crippen molar-refractivity contribution in [1.82, 2.24) is 0 Å². The van der Waals surface area contributed by atoms with E-state index in [-0.39, 0.29) is 5.97 Å². The van der Waals surface area contributed by atoms with Crippen LogP contribution in [0.1, 0.15) is 26.2 Å². The van der Waals surface area contributed by atoms with Gasteiger partial charge in [0.2, 0.25) is 0 Å². The van der Waals surface area contributed by atoms with Crippen molar-refractivity contribution in [3.05, 3.63) is 10.6 Å². The van der Waals surface area contributed by atoms with E-state index in [9.17, 15) is 4.79 Å². The van der Waals surface area contributed by atoms with E-state index < -0.39 is 0 Å². The number of methoxy groups -OCH3 is 1. The first-order valence-corrected chi connectivity index (χ1v) is 5.35. The van der Waals surface area contributed by atoms with E-state index in [1.165, 1.54) is 7.11 Å². The SMILES string of the molecule is COC(=O)C[C@@H]1C[C@@H](C)CC=C1Br. The van der Waals surface area contributed by atoms with Crippen LogP contribution in [0.25, 0.3) is 0 Å². The zero-order valence-electron chi connectivity index (χ0n) is 8.05. The van der Waals surface area contributed by atoms with E-state index in [0.29, 0.717) is 18.3 Å². The van der Waals surface area contributed by atoms with Crippen LogP contribution in [-0.2, 0) is 9.53 Å². The summed E-state index contributed by atoms with van der Waals surface area (Å²) < 4.78 is 5.81. The molecule has 3 heteroatoms. The molecule has 0 radical (unpaired) electrons. The Morgan fingerprint density at radius 1 is 1.77 bits per heavy atom. The second-order valence-electron chi connectivity index (χ2n) is 3.64. The third-order valence-corrected chi connectivity index (χ3v) is 3.40. The summed E-state index contributed by atoms with van der Waals surface area (Å²) in [5, 5.41) is 0. The molecule has 0 saturated carbocycles. The molecule has 74 valence electrons. The Hall–Kier alpha value is -0.310. The second-order valence-corrected chi connectivity index (χ2v) is 4.56. The lowest BCUT2D eigenvalue weighted by molar-refractivity contribution is -0.141. The van der Waals surface area contributed by atoms with Crippen LogP contribution in [0.15, 0.2) is 10.6 Å². The minimum absolute atomic E-state index is 0.121. The molecule has 0 aromatic heterocycles. The standard InChI is InChI=1S/C10H15BrO2/c1-7-3-4-9(11)8(5-7)6-10(12)13-2/h4,7-8H,3,5-6H2,1-2H3/t7-,8-/m0/s1. The van der Waals surface area contributed by atoms with E-state index in [1.54, 1.807) is 0 Å². The van der Waals surface area contributed by atoms with Gasteiger partial charge in [-0.25, -0.2) is 0 Å². The molecule has 0 aromatic carbocycles. The highest BCUT2D eigenvalue weighted by Gasteiger charge is 2.22. The largest absolute Gasteiger partial charge is 0.469 e. The summed E-state index contributed by atoms with van der Waals surface area (Å²) in [6.45, 7) is 2.21. The minimum atomic E-state index is -0.121. The number of esters is 1. The Morgan fingerprint density at radius 2 is 2.46 bits per heavy atom. The molecule has 0 amide bonds. The number of carbonyl (C=O) groups excluding carboxylic acids is 1. The van der Waals surface area contributed by atoms with Crippen LogP contribution < -0.4 is 0 Å². The molecule has 2 nitrogen and oxygen atoms in total. The van der Waals surface area contributed by atoms with Gasteiger partial charge in [-0.1, -0.05) is 28.9 Å². The molecule has 0 bridgehead atoms. The van der Waals surface area contributed by atoms with E-state index in [0.717, 1.165) is 17.3 Å². The Balaban J connectivity index is 2.53. The number of rotatable bonds is 2. The third kappa shape index (κ3) is 3.14. The van der Waals surface area contributed by atoms with Gasteiger partial charge >= 0.3 is 5.97 Å². The highest BCUT2D eigenvalue weighted by atomic mass is 79.9. The lowest BCUT2D eigenvalue weighted by Gasteiger charge is -2.24. The van der Waals surface area contributed by atoms with Crippen LogP contribution in [0, 0.1) is 11.8 Å². The van der Waals surface area contributed by atoms with Crippen LogP contribution in [0.4, 0.5) is 0 Å². The maximum atomic E-state index is 11.1. The maximum absolute atomic E-state index is 11.1. The average Bonchev–Trinajstić information content (AvgIpc) is 2.11. The molecular formula is C10H15BrO2. The van der Waals surface area contributed by atoms with Crippen LogP contribution in [0.3, 0.4) is 0 Å². The number of ether oxygens (including phenoxy) is 1. The molecule has 0 unspecified atom stereocenters. The number of carbonyl (C=O) groups is 1. The average molecular weight is 247 g/mol. The van der Waals surface area contributed by atoms with Crippen molar-refractivity contribution in [2.24, 2.45) is 11.8 Å². The first-order chi connectivity index (χ1) is 6.13. The second kappa shape index (κ2) is 4.80. The van der Waals surface area contributed by atoms with E-state index in [1.807, 2.05) is 0 Å². The predicted molar refractivity (Wildman–Crippen MR) is 55.5 cm³/mol. The Labute approximate surface area is 87.5 Å². The fourth-order valence-corrected chi connectivity index (χ4v) is 2.18. The van der Waals surface area contributed by atoms with Gasteiger partial charge < -0.3 is 4.74 Å². The van der Waals surface area contributed by atoms with Gasteiger partial charge in [-0.05, 0) is 23.2 Å². The van der Waals surface area contributed by atoms with Crippen molar-refractivity contribution < 1.29 is 9.53 Å². The predicted octanol–water partition coefficient (Wildman–Crippen LogP) is 2.87. The minimum Gasteiger partial charge on any atom is -0.469 e. The van der Waals surface area contributed by atoms with Gasteiger partial charge in [0, 0.05) is 5.92 Å². The van der Waals surface area contributed by atoms with Gasteiger partial charge in [-0.15, -0.1) is 0 Å². The lowest BCUT2D eigenvalue weighted by atomic mass is 9.86. The maximum Gasteiger partial charge on any atom is 0.306 e. The molecule has 2 atom stereocenters. The van der Waals surface area contributed by atoms with E-state index in [4.69, 9.17) is 0 Å². The van der Waals surface area contributed by atoms with Crippen molar-refractivity contribution in [2.75, 3.05) is 7.11 Å². The van der Waals surface area contributed by atoms with E-state index in [2.05, 4.69) is 33.7 Å². The fraction of sp³-hybridized carbons (Fsp3) is 0.700. The summed E-state index contributed by atoms with van der Waals surface area (Å²) in [6, 6.07) is 0. The van der Waals surface area contributed by atoms with E-state index >= 15 is 0 Å². The first-order valence-electron chi connectivity index (χ1n) is 4.55. The lowest BCUT2D eigenvalue weighted by Crippen LogP contribution is -2.16. The van der Waals surface area contributed by atoms with Crippen LogP contribution in [-0.4, -0.2) is 13.1 Å². The quantitative estimate of drug-likeness (QED) is 0.701. The molecule has 1 aliphatic carbocycles. The number of allylic oxidation sites excluding steroid dienone is 2. The highest BCUT2D eigenvalue weighted by Crippen LogP contribution is 2.34. The molecule has 0 aromatic rings. The highest BCUT2D eigenvalue weighted by molar-refractivity contribution is 9.11. The molecule has 0 saturated heterocycles. The van der Waals surface area contributed by atoms with Crippen molar-refractivity contribution in [1.29, 1.82) is 0 Å². The molecule has 0 N–H and O–H groups in total. The summed E-state index contributed by atoms with van der Waals surface area (Å²) in [7, 11) is 1.44. The monoisotopic (exact) mass is 246 g/mol. The summed E-state index contributed by atoms with van der Waals surface area (Å²) in [5.41, 5.74) is 0. The molecule has 1 rings (SSSR count). The summed E-state index contributed by atoms with van der Waals surface area (Å²) in [6.07, 6.45) is 4.85. The molecule has 0 spiro atoms. The van der Waals surface area contributed by atoms with Gasteiger partial charge in [0.05, 0.1) is 13.5 Å². The Morgan fingerprint density at radius 3 is 3.08 bits per heavy atom. The summed E-state index contributed by atoms with van der Waals surface area (Å²) >= 11 is 3.49. The van der Waals surface area contributed by atoms with Gasteiger partial charge in [0.15, 0.2) is 0 Å². The van der Waals surface area contributed by atoms with Crippen LogP contribution >= 0.6 is 15.9 Å². The van der Waals surface area contributed by atoms with Gasteiger partial charge in [0.1, 0.15) is 0 Å². The van der Waals surface area contributed by atoms with Gasteiger partial charge in [-0.3, -0.25) is 4.79 Å². The van der Waals surface area contributed by atoms with Crippen molar-refractivity contribution in [3.63, 3.8) is 0 Å². The number of hydrogen-bond donors (Lipinski definition) is 0. The zero-order valence-corrected chi connectivity index (χ0v) is 9.63. The van der Waals surface area contributed by atoms with Crippen LogP contribution in [0.2, 0.25) is 0 Å². The molecule has 0 aliphatic heterocycles. The topological polar surface area (TPSA) is 26.3 Å². The molecule has 0 fully saturated rings. The first kappa shape index (κ1) is 10.8. The van der Waals surface area contributed by atoms with Crippen molar-refractivity contribution in [3.8, 4) is 0 Å². The molecular weight excluding hydrogens is 232 g/mol. The van der Waals surface area contributed by atoms with Crippen molar-refractivity contribution in [2.45, 2.75) is 26.2 Å².